The molecule has 1 aliphatic carbocycles. The monoisotopic (exact) mass is 321 g/mol. The zero-order chi connectivity index (χ0) is 16.5. The lowest BCUT2D eigenvalue weighted by Gasteiger charge is -2.38. The van der Waals surface area contributed by atoms with Crippen LogP contribution in [0.25, 0.3) is 11.1 Å². The normalized spacial score (nSPS) is 21.5. The van der Waals surface area contributed by atoms with Crippen LogP contribution in [0.2, 0.25) is 0 Å². The highest BCUT2D eigenvalue weighted by atomic mass is 16.3. The summed E-state index contributed by atoms with van der Waals surface area (Å²) in [6.45, 7) is 1.96. The molecule has 1 aromatic heterocycles. The van der Waals surface area contributed by atoms with Gasteiger partial charge in [-0.15, -0.1) is 0 Å². The first-order valence-corrected chi connectivity index (χ1v) is 8.33. The summed E-state index contributed by atoms with van der Waals surface area (Å²) in [5.41, 5.74) is 2.58. The van der Waals surface area contributed by atoms with Gasteiger partial charge in [0.2, 0.25) is 0 Å². The summed E-state index contributed by atoms with van der Waals surface area (Å²) in [5, 5.41) is 9.44. The van der Waals surface area contributed by atoms with Gasteiger partial charge in [0.15, 0.2) is 0 Å². The van der Waals surface area contributed by atoms with E-state index in [0.29, 0.717) is 24.7 Å². The molecule has 0 spiro atoms. The summed E-state index contributed by atoms with van der Waals surface area (Å²) in [5.74, 6) is -0.00366. The maximum Gasteiger partial charge on any atom is 0.254 e. The Kier molecular flexibility index (Phi) is 3.83. The standard InChI is InChI=1S/C19H19N3O2/c20-11-18-12-21(7-8-22(18)17-4-5-17)19(23)15-3-1-2-14(10-15)16-6-9-24-13-16/h1-3,6,9-10,13,17-18H,4-5,7-8,12H2. The van der Waals surface area contributed by atoms with E-state index in [2.05, 4.69) is 11.0 Å². The molecule has 5 heteroatoms. The first-order chi connectivity index (χ1) is 11.8. The lowest BCUT2D eigenvalue weighted by atomic mass is 10.0. The average Bonchev–Trinajstić information content (AvgIpc) is 3.33. The highest BCUT2D eigenvalue weighted by Gasteiger charge is 2.38. The van der Waals surface area contributed by atoms with Gasteiger partial charge in [-0.05, 0) is 36.6 Å². The van der Waals surface area contributed by atoms with Gasteiger partial charge in [0.25, 0.3) is 5.91 Å². The molecule has 1 amide bonds. The van der Waals surface area contributed by atoms with E-state index in [0.717, 1.165) is 17.7 Å². The van der Waals surface area contributed by atoms with Crippen molar-refractivity contribution in [2.45, 2.75) is 24.9 Å². The molecule has 1 saturated carbocycles. The second-order valence-corrected chi connectivity index (χ2v) is 6.46. The van der Waals surface area contributed by atoms with E-state index in [-0.39, 0.29) is 11.9 Å². The zero-order valence-electron chi connectivity index (χ0n) is 13.4. The maximum atomic E-state index is 12.8. The molecule has 2 fully saturated rings. The van der Waals surface area contributed by atoms with Gasteiger partial charge >= 0.3 is 0 Å². The molecule has 1 unspecified atom stereocenters. The Morgan fingerprint density at radius 1 is 1.21 bits per heavy atom. The Morgan fingerprint density at radius 3 is 2.79 bits per heavy atom. The van der Waals surface area contributed by atoms with Crippen LogP contribution in [-0.2, 0) is 0 Å². The fourth-order valence-electron chi connectivity index (χ4n) is 3.38. The predicted octanol–water partition coefficient (Wildman–Crippen LogP) is 2.76. The van der Waals surface area contributed by atoms with Crippen LogP contribution in [0.4, 0.5) is 0 Å². The molecule has 0 N–H and O–H groups in total. The fourth-order valence-corrected chi connectivity index (χ4v) is 3.38. The van der Waals surface area contributed by atoms with Crippen LogP contribution in [0, 0.1) is 11.3 Å². The first kappa shape index (κ1) is 15.0. The molecule has 0 radical (unpaired) electrons. The predicted molar refractivity (Wildman–Crippen MR) is 89.2 cm³/mol. The van der Waals surface area contributed by atoms with Gasteiger partial charge < -0.3 is 9.32 Å². The largest absolute Gasteiger partial charge is 0.472 e. The summed E-state index contributed by atoms with van der Waals surface area (Å²) in [6, 6.07) is 12.2. The molecular formula is C19H19N3O2. The van der Waals surface area contributed by atoms with Gasteiger partial charge in [0, 0.05) is 36.8 Å². The van der Waals surface area contributed by atoms with Gasteiger partial charge in [0.05, 0.1) is 18.6 Å². The van der Waals surface area contributed by atoms with Gasteiger partial charge in [0.1, 0.15) is 6.04 Å². The lowest BCUT2D eigenvalue weighted by molar-refractivity contribution is 0.0550. The van der Waals surface area contributed by atoms with Crippen molar-refractivity contribution < 1.29 is 9.21 Å². The molecule has 122 valence electrons. The highest BCUT2D eigenvalue weighted by molar-refractivity contribution is 5.95. The van der Waals surface area contributed by atoms with Crippen molar-refractivity contribution in [3.05, 3.63) is 48.4 Å². The third-order valence-corrected chi connectivity index (χ3v) is 4.84. The number of benzene rings is 1. The number of nitrogens with zero attached hydrogens (tertiary/aromatic N) is 3. The van der Waals surface area contributed by atoms with Crippen molar-refractivity contribution in [1.82, 2.24) is 9.80 Å². The molecule has 5 nitrogen and oxygen atoms in total. The number of carbonyl (C=O) groups excluding carboxylic acids is 1. The van der Waals surface area contributed by atoms with Crippen molar-refractivity contribution in [1.29, 1.82) is 5.26 Å². The first-order valence-electron chi connectivity index (χ1n) is 8.33. The van der Waals surface area contributed by atoms with Crippen LogP contribution in [-0.4, -0.2) is 47.4 Å². The van der Waals surface area contributed by atoms with Gasteiger partial charge in [-0.1, -0.05) is 12.1 Å². The number of amides is 1. The minimum atomic E-state index is -0.188. The molecule has 2 heterocycles. The second-order valence-electron chi connectivity index (χ2n) is 6.46. The maximum absolute atomic E-state index is 12.8. The average molecular weight is 321 g/mol. The molecule has 1 aliphatic heterocycles. The van der Waals surface area contributed by atoms with Crippen LogP contribution in [0.15, 0.2) is 47.3 Å². The van der Waals surface area contributed by atoms with E-state index in [4.69, 9.17) is 4.42 Å². The Balaban J connectivity index is 1.52. The summed E-state index contributed by atoms with van der Waals surface area (Å²) < 4.78 is 5.12. The van der Waals surface area contributed by atoms with Gasteiger partial charge in [-0.3, -0.25) is 9.69 Å². The molecule has 2 aliphatic rings. The fraction of sp³-hybridized carbons (Fsp3) is 0.368. The number of piperazine rings is 1. The third kappa shape index (κ3) is 2.81. The Labute approximate surface area is 141 Å². The second kappa shape index (κ2) is 6.14. The van der Waals surface area contributed by atoms with E-state index in [1.165, 1.54) is 12.8 Å². The van der Waals surface area contributed by atoms with E-state index >= 15 is 0 Å². The van der Waals surface area contributed by atoms with E-state index in [9.17, 15) is 10.1 Å². The van der Waals surface area contributed by atoms with Crippen molar-refractivity contribution in [3.63, 3.8) is 0 Å². The molecule has 2 aromatic rings. The quantitative estimate of drug-likeness (QED) is 0.872. The lowest BCUT2D eigenvalue weighted by Crippen LogP contribution is -2.54. The van der Waals surface area contributed by atoms with E-state index in [1.807, 2.05) is 30.3 Å². The topological polar surface area (TPSA) is 60.5 Å². The van der Waals surface area contributed by atoms with Crippen molar-refractivity contribution in [2.24, 2.45) is 0 Å². The Morgan fingerprint density at radius 2 is 2.08 bits per heavy atom. The van der Waals surface area contributed by atoms with Crippen LogP contribution < -0.4 is 0 Å². The van der Waals surface area contributed by atoms with Crippen LogP contribution >= 0.6 is 0 Å². The molecule has 1 saturated heterocycles. The number of rotatable bonds is 3. The molecular weight excluding hydrogens is 302 g/mol. The minimum Gasteiger partial charge on any atom is -0.472 e. The number of hydrogen-bond acceptors (Lipinski definition) is 4. The van der Waals surface area contributed by atoms with Gasteiger partial charge in [-0.2, -0.15) is 5.26 Å². The van der Waals surface area contributed by atoms with Crippen LogP contribution in [0.5, 0.6) is 0 Å². The summed E-state index contributed by atoms with van der Waals surface area (Å²) in [4.78, 5) is 16.9. The van der Waals surface area contributed by atoms with Crippen molar-refractivity contribution in [2.75, 3.05) is 19.6 Å². The number of hydrogen-bond donors (Lipinski definition) is 0. The highest BCUT2D eigenvalue weighted by Crippen LogP contribution is 2.30. The Bertz CT molecular complexity index is 774. The zero-order valence-corrected chi connectivity index (χ0v) is 13.4. The van der Waals surface area contributed by atoms with E-state index < -0.39 is 0 Å². The Hall–Kier alpha value is -2.58. The molecule has 24 heavy (non-hydrogen) atoms. The molecule has 1 atom stereocenters. The number of carbonyl (C=O) groups is 1. The third-order valence-electron chi connectivity index (χ3n) is 4.84. The SMILES string of the molecule is N#CC1CN(C(=O)c2cccc(-c3ccoc3)c2)CCN1C1CC1. The number of nitriles is 1. The molecule has 4 rings (SSSR count). The van der Waals surface area contributed by atoms with Crippen molar-refractivity contribution in [3.8, 4) is 17.2 Å². The minimum absolute atomic E-state index is 0.00366. The number of furan rings is 1. The summed E-state index contributed by atoms with van der Waals surface area (Å²) in [7, 11) is 0. The van der Waals surface area contributed by atoms with Crippen LogP contribution in [0.1, 0.15) is 23.2 Å². The molecule has 0 bridgehead atoms. The smallest absolute Gasteiger partial charge is 0.254 e. The van der Waals surface area contributed by atoms with E-state index in [1.54, 1.807) is 17.4 Å². The molecule has 1 aromatic carbocycles. The summed E-state index contributed by atoms with van der Waals surface area (Å²) >= 11 is 0. The van der Waals surface area contributed by atoms with Crippen molar-refractivity contribution >= 4 is 5.91 Å². The summed E-state index contributed by atoms with van der Waals surface area (Å²) in [6.07, 6.45) is 5.65. The van der Waals surface area contributed by atoms with Crippen LogP contribution in [0.3, 0.4) is 0 Å². The van der Waals surface area contributed by atoms with Gasteiger partial charge in [-0.25, -0.2) is 0 Å².